The Hall–Kier alpha value is -3.39. The second-order valence-electron chi connectivity index (χ2n) is 10.6. The third-order valence-electron chi connectivity index (χ3n) is 7.36. The van der Waals surface area contributed by atoms with E-state index in [4.69, 9.17) is 10.5 Å². The van der Waals surface area contributed by atoms with E-state index in [1.807, 2.05) is 43.3 Å². The number of carboxylic acid groups (broad SMARTS) is 2. The van der Waals surface area contributed by atoms with Gasteiger partial charge in [-0.1, -0.05) is 82.6 Å². The first kappa shape index (κ1) is 28.2. The number of unbranched alkanes of at least 4 members (excludes halogenated alkanes) is 1. The van der Waals surface area contributed by atoms with E-state index >= 15 is 0 Å². The highest BCUT2D eigenvalue weighted by molar-refractivity contribution is 5.82. The number of carboxylic acids is 2. The second kappa shape index (κ2) is 11.8. The molecule has 0 spiro atoms. The summed E-state index contributed by atoms with van der Waals surface area (Å²) >= 11 is 0. The molecule has 3 rings (SSSR count). The molecular weight excluding hydrogens is 472 g/mol. The van der Waals surface area contributed by atoms with Crippen molar-refractivity contribution in [1.29, 1.82) is 0 Å². The van der Waals surface area contributed by atoms with Crippen LogP contribution in [0, 0.1) is 11.3 Å². The number of carbonyl (C=O) groups is 3. The molecule has 0 aliphatic heterocycles. The minimum atomic E-state index is -1.21. The molecule has 200 valence electrons. The van der Waals surface area contributed by atoms with Crippen LogP contribution in [0.2, 0.25) is 0 Å². The standard InChI is InChI=1S/C29H38N2O6/c1-5-6-15-31(25(27(34)35)29(3,4)16-18(2)24(30)26(32)33)28(36)37-17-23-21-13-9-7-11-19(21)20-12-8-10-14-22(20)23/h7-14,18,23-25H,5-6,15-17,30H2,1-4H3,(H,32,33)(H,34,35). The Bertz CT molecular complexity index is 1090. The highest BCUT2D eigenvalue weighted by Gasteiger charge is 2.44. The molecule has 2 aromatic carbocycles. The molecule has 0 bridgehead atoms. The number of aliphatic carboxylic acids is 2. The van der Waals surface area contributed by atoms with Crippen molar-refractivity contribution in [3.63, 3.8) is 0 Å². The lowest BCUT2D eigenvalue weighted by atomic mass is 9.74. The van der Waals surface area contributed by atoms with Crippen LogP contribution in [0.3, 0.4) is 0 Å². The molecular formula is C29H38N2O6. The minimum absolute atomic E-state index is 0.0859. The van der Waals surface area contributed by atoms with Gasteiger partial charge in [-0.2, -0.15) is 0 Å². The molecule has 2 aromatic rings. The number of hydrogen-bond acceptors (Lipinski definition) is 5. The van der Waals surface area contributed by atoms with Gasteiger partial charge in [0.25, 0.3) is 0 Å². The van der Waals surface area contributed by atoms with E-state index in [0.717, 1.165) is 28.7 Å². The normalized spacial score (nSPS) is 15.3. The summed E-state index contributed by atoms with van der Waals surface area (Å²) in [5.74, 6) is -2.95. The Morgan fingerprint density at radius 2 is 1.54 bits per heavy atom. The molecule has 3 unspecified atom stereocenters. The van der Waals surface area contributed by atoms with E-state index in [-0.39, 0.29) is 25.5 Å². The topological polar surface area (TPSA) is 130 Å². The summed E-state index contributed by atoms with van der Waals surface area (Å²) < 4.78 is 5.82. The maximum absolute atomic E-state index is 13.5. The molecule has 0 heterocycles. The number of rotatable bonds is 12. The minimum Gasteiger partial charge on any atom is -0.480 e. The van der Waals surface area contributed by atoms with E-state index in [1.54, 1.807) is 20.8 Å². The molecule has 1 amide bonds. The predicted octanol–water partition coefficient (Wildman–Crippen LogP) is 4.96. The molecule has 1 aliphatic rings. The molecule has 0 aromatic heterocycles. The highest BCUT2D eigenvalue weighted by atomic mass is 16.6. The summed E-state index contributed by atoms with van der Waals surface area (Å²) in [6.45, 7) is 7.41. The number of fused-ring (bicyclic) bond motifs is 3. The van der Waals surface area contributed by atoms with Crippen molar-refractivity contribution < 1.29 is 29.3 Å². The van der Waals surface area contributed by atoms with Gasteiger partial charge in [-0.25, -0.2) is 9.59 Å². The fourth-order valence-electron chi connectivity index (χ4n) is 5.53. The number of nitrogens with zero attached hydrogens (tertiary/aromatic N) is 1. The maximum Gasteiger partial charge on any atom is 0.410 e. The summed E-state index contributed by atoms with van der Waals surface area (Å²) in [6.07, 6.45) is 0.886. The van der Waals surface area contributed by atoms with Crippen LogP contribution >= 0.6 is 0 Å². The molecule has 8 heteroatoms. The zero-order chi connectivity index (χ0) is 27.3. The van der Waals surface area contributed by atoms with Gasteiger partial charge >= 0.3 is 18.0 Å². The van der Waals surface area contributed by atoms with Gasteiger partial charge in [0, 0.05) is 12.5 Å². The largest absolute Gasteiger partial charge is 0.480 e. The third kappa shape index (κ3) is 6.13. The number of nitrogens with two attached hydrogens (primary N) is 1. The Morgan fingerprint density at radius 3 is 2.03 bits per heavy atom. The number of ether oxygens (including phenoxy) is 1. The number of carbonyl (C=O) groups excluding carboxylic acids is 1. The average molecular weight is 511 g/mol. The van der Waals surface area contributed by atoms with Crippen molar-refractivity contribution >= 4 is 18.0 Å². The number of hydrogen-bond donors (Lipinski definition) is 3. The van der Waals surface area contributed by atoms with Gasteiger partial charge in [-0.05, 0) is 46.4 Å². The van der Waals surface area contributed by atoms with Crippen molar-refractivity contribution in [2.75, 3.05) is 13.2 Å². The van der Waals surface area contributed by atoms with E-state index < -0.39 is 41.4 Å². The molecule has 4 N–H and O–H groups in total. The quantitative estimate of drug-likeness (QED) is 0.368. The average Bonchev–Trinajstić information content (AvgIpc) is 3.17. The molecule has 0 radical (unpaired) electrons. The van der Waals surface area contributed by atoms with Gasteiger partial charge in [0.1, 0.15) is 18.7 Å². The van der Waals surface area contributed by atoms with Crippen LogP contribution in [0.4, 0.5) is 4.79 Å². The van der Waals surface area contributed by atoms with E-state index in [0.29, 0.717) is 6.42 Å². The van der Waals surface area contributed by atoms with Crippen molar-refractivity contribution in [2.24, 2.45) is 17.1 Å². The summed E-state index contributed by atoms with van der Waals surface area (Å²) in [7, 11) is 0. The first-order chi connectivity index (χ1) is 17.5. The van der Waals surface area contributed by atoms with Crippen LogP contribution in [0.15, 0.2) is 48.5 Å². The van der Waals surface area contributed by atoms with Gasteiger partial charge in [0.05, 0.1) is 0 Å². The lowest BCUT2D eigenvalue weighted by molar-refractivity contribution is -0.148. The SMILES string of the molecule is CCCCN(C(=O)OCC1c2ccccc2-c2ccccc21)C(C(=O)O)C(C)(C)CC(C)C(N)C(=O)O. The highest BCUT2D eigenvalue weighted by Crippen LogP contribution is 2.44. The van der Waals surface area contributed by atoms with E-state index in [9.17, 15) is 24.6 Å². The van der Waals surface area contributed by atoms with Crippen LogP contribution < -0.4 is 5.73 Å². The van der Waals surface area contributed by atoms with Gasteiger partial charge < -0.3 is 20.7 Å². The van der Waals surface area contributed by atoms with E-state index in [1.165, 1.54) is 4.90 Å². The van der Waals surface area contributed by atoms with Gasteiger partial charge in [0.15, 0.2) is 0 Å². The molecule has 8 nitrogen and oxygen atoms in total. The maximum atomic E-state index is 13.5. The molecule has 37 heavy (non-hydrogen) atoms. The van der Waals surface area contributed by atoms with Crippen molar-refractivity contribution in [3.8, 4) is 11.1 Å². The second-order valence-corrected chi connectivity index (χ2v) is 10.6. The van der Waals surface area contributed by atoms with Crippen LogP contribution in [0.1, 0.15) is 64.0 Å². The zero-order valence-corrected chi connectivity index (χ0v) is 22.0. The van der Waals surface area contributed by atoms with Crippen LogP contribution in [0.5, 0.6) is 0 Å². The third-order valence-corrected chi connectivity index (χ3v) is 7.36. The van der Waals surface area contributed by atoms with Gasteiger partial charge in [0.2, 0.25) is 0 Å². The fraction of sp³-hybridized carbons (Fsp3) is 0.483. The lowest BCUT2D eigenvalue weighted by Crippen LogP contribution is -2.54. The number of benzene rings is 2. The summed E-state index contributed by atoms with van der Waals surface area (Å²) in [5.41, 5.74) is 9.20. The molecule has 3 atom stereocenters. The van der Waals surface area contributed by atoms with Crippen LogP contribution in [-0.2, 0) is 14.3 Å². The first-order valence-corrected chi connectivity index (χ1v) is 12.8. The van der Waals surface area contributed by atoms with E-state index in [2.05, 4.69) is 12.1 Å². The van der Waals surface area contributed by atoms with Crippen molar-refractivity contribution in [2.45, 2.75) is 65.0 Å². The smallest absolute Gasteiger partial charge is 0.410 e. The Labute approximate surface area is 218 Å². The summed E-state index contributed by atoms with van der Waals surface area (Å²) in [5, 5.41) is 19.5. The Balaban J connectivity index is 1.84. The Morgan fingerprint density at radius 1 is 1.00 bits per heavy atom. The fourth-order valence-corrected chi connectivity index (χ4v) is 5.53. The first-order valence-electron chi connectivity index (χ1n) is 12.8. The van der Waals surface area contributed by atoms with Crippen LogP contribution in [-0.4, -0.2) is 58.4 Å². The monoisotopic (exact) mass is 510 g/mol. The number of amides is 1. The van der Waals surface area contributed by atoms with Crippen molar-refractivity contribution in [1.82, 2.24) is 4.90 Å². The molecule has 0 saturated heterocycles. The Kier molecular flexibility index (Phi) is 8.97. The molecule has 0 fully saturated rings. The van der Waals surface area contributed by atoms with Crippen molar-refractivity contribution in [3.05, 3.63) is 59.7 Å². The predicted molar refractivity (Wildman–Crippen MR) is 141 cm³/mol. The van der Waals surface area contributed by atoms with Gasteiger partial charge in [-0.15, -0.1) is 0 Å². The molecule has 1 aliphatic carbocycles. The molecule has 0 saturated carbocycles. The summed E-state index contributed by atoms with van der Waals surface area (Å²) in [6, 6.07) is 13.7. The lowest BCUT2D eigenvalue weighted by Gasteiger charge is -2.40. The summed E-state index contributed by atoms with van der Waals surface area (Å²) in [4.78, 5) is 38.7. The van der Waals surface area contributed by atoms with Crippen LogP contribution in [0.25, 0.3) is 11.1 Å². The zero-order valence-electron chi connectivity index (χ0n) is 22.0. The van der Waals surface area contributed by atoms with Gasteiger partial charge in [-0.3, -0.25) is 9.69 Å².